The maximum atomic E-state index is 13.6. The van der Waals surface area contributed by atoms with Crippen molar-refractivity contribution in [3.63, 3.8) is 0 Å². The Bertz CT molecular complexity index is 763. The molecule has 4 N–H and O–H groups in total. The number of urea groups is 1. The Balaban J connectivity index is 2.17. The van der Waals surface area contributed by atoms with Crippen molar-refractivity contribution in [3.05, 3.63) is 54.3 Å². The van der Waals surface area contributed by atoms with Crippen molar-refractivity contribution in [1.29, 1.82) is 0 Å². The molecule has 0 saturated heterocycles. The zero-order valence-corrected chi connectivity index (χ0v) is 11.5. The summed E-state index contributed by atoms with van der Waals surface area (Å²) in [5.74, 6) is -0.773. The molecule has 0 heterocycles. The number of nitrogens with two attached hydrogens (primary N) is 1. The Morgan fingerprint density at radius 2 is 1.71 bits per heavy atom. The third kappa shape index (κ3) is 4.01. The second kappa shape index (κ2) is 5.90. The molecule has 2 rings (SSSR count). The van der Waals surface area contributed by atoms with Crippen LogP contribution in [-0.2, 0) is 10.0 Å². The molecular formula is C13H12FN3O3S. The van der Waals surface area contributed by atoms with Crippen molar-refractivity contribution < 1.29 is 17.6 Å². The number of amides is 2. The predicted octanol–water partition coefficient (Wildman–Crippen LogP) is 2.12. The molecule has 8 heteroatoms. The number of anilines is 2. The molecule has 0 saturated carbocycles. The molecule has 0 aliphatic rings. The van der Waals surface area contributed by atoms with Gasteiger partial charge in [0.05, 0.1) is 10.6 Å². The van der Waals surface area contributed by atoms with Gasteiger partial charge in [-0.25, -0.2) is 22.7 Å². The molecule has 0 radical (unpaired) electrons. The van der Waals surface area contributed by atoms with Crippen LogP contribution in [0.4, 0.5) is 20.6 Å². The van der Waals surface area contributed by atoms with E-state index < -0.39 is 21.9 Å². The molecule has 2 amide bonds. The van der Waals surface area contributed by atoms with E-state index in [1.807, 2.05) is 0 Å². The summed E-state index contributed by atoms with van der Waals surface area (Å²) in [7, 11) is -3.98. The highest BCUT2D eigenvalue weighted by molar-refractivity contribution is 7.89. The lowest BCUT2D eigenvalue weighted by Crippen LogP contribution is -2.20. The summed E-state index contributed by atoms with van der Waals surface area (Å²) in [6.45, 7) is 0. The number of halogens is 1. The molecule has 0 unspecified atom stereocenters. The van der Waals surface area contributed by atoms with Crippen molar-refractivity contribution >= 4 is 27.4 Å². The smallest absolute Gasteiger partial charge is 0.308 e. The van der Waals surface area contributed by atoms with Crippen LogP contribution in [0.5, 0.6) is 0 Å². The van der Waals surface area contributed by atoms with Crippen LogP contribution in [0, 0.1) is 5.82 Å². The van der Waals surface area contributed by atoms with Gasteiger partial charge in [-0.15, -0.1) is 0 Å². The highest BCUT2D eigenvalue weighted by atomic mass is 32.2. The van der Waals surface area contributed by atoms with Crippen LogP contribution in [0.1, 0.15) is 0 Å². The molecule has 6 nitrogen and oxygen atoms in total. The highest BCUT2D eigenvalue weighted by Gasteiger charge is 2.13. The van der Waals surface area contributed by atoms with E-state index >= 15 is 0 Å². The number of hydrogen-bond acceptors (Lipinski definition) is 3. The molecule has 0 aliphatic heterocycles. The molecule has 0 aliphatic carbocycles. The monoisotopic (exact) mass is 309 g/mol. The van der Waals surface area contributed by atoms with Gasteiger partial charge in [0.2, 0.25) is 10.0 Å². The maximum Gasteiger partial charge on any atom is 0.323 e. The number of primary sulfonamides is 1. The standard InChI is InChI=1S/C13H12FN3O3S/c14-11-7-6-10(21(15,19)20)8-12(11)17-13(18)16-9-4-2-1-3-5-9/h1-8H,(H2,15,19,20)(H2,16,17,18). The maximum absolute atomic E-state index is 13.6. The first kappa shape index (κ1) is 14.9. The summed E-state index contributed by atoms with van der Waals surface area (Å²) >= 11 is 0. The van der Waals surface area contributed by atoms with Gasteiger partial charge in [0.15, 0.2) is 0 Å². The number of carbonyl (C=O) groups excluding carboxylic acids is 1. The molecule has 0 atom stereocenters. The van der Waals surface area contributed by atoms with Crippen molar-refractivity contribution in [1.82, 2.24) is 0 Å². The van der Waals surface area contributed by atoms with Crippen molar-refractivity contribution in [2.45, 2.75) is 4.90 Å². The summed E-state index contributed by atoms with van der Waals surface area (Å²) < 4.78 is 36.0. The number of sulfonamides is 1. The molecule has 2 aromatic carbocycles. The number of nitrogens with one attached hydrogen (secondary N) is 2. The van der Waals surface area contributed by atoms with Crippen LogP contribution < -0.4 is 15.8 Å². The fraction of sp³-hybridized carbons (Fsp3) is 0. The Kier molecular flexibility index (Phi) is 4.20. The Morgan fingerprint density at radius 1 is 1.05 bits per heavy atom. The molecule has 0 bridgehead atoms. The number of para-hydroxylation sites is 1. The quantitative estimate of drug-likeness (QED) is 0.809. The highest BCUT2D eigenvalue weighted by Crippen LogP contribution is 2.19. The van der Waals surface area contributed by atoms with Crippen LogP contribution >= 0.6 is 0 Å². The summed E-state index contributed by atoms with van der Waals surface area (Å²) in [5, 5.41) is 9.66. The van der Waals surface area contributed by atoms with E-state index in [0.29, 0.717) is 5.69 Å². The Labute approximate surface area is 120 Å². The number of hydrogen-bond donors (Lipinski definition) is 3. The van der Waals surface area contributed by atoms with Crippen LogP contribution in [0.2, 0.25) is 0 Å². The van der Waals surface area contributed by atoms with Gasteiger partial charge in [-0.05, 0) is 30.3 Å². The van der Waals surface area contributed by atoms with Gasteiger partial charge in [-0.2, -0.15) is 0 Å². The number of carbonyl (C=O) groups is 1. The Hall–Kier alpha value is -2.45. The third-order valence-electron chi connectivity index (χ3n) is 2.55. The molecule has 110 valence electrons. The van der Waals surface area contributed by atoms with E-state index in [9.17, 15) is 17.6 Å². The van der Waals surface area contributed by atoms with Crippen LogP contribution in [0.15, 0.2) is 53.4 Å². The molecule has 2 aromatic rings. The van der Waals surface area contributed by atoms with Crippen molar-refractivity contribution in [2.24, 2.45) is 5.14 Å². The SMILES string of the molecule is NS(=O)(=O)c1ccc(F)c(NC(=O)Nc2ccccc2)c1. The topological polar surface area (TPSA) is 101 Å². The largest absolute Gasteiger partial charge is 0.323 e. The molecular weight excluding hydrogens is 297 g/mol. The first-order valence-electron chi connectivity index (χ1n) is 5.81. The van der Waals surface area contributed by atoms with E-state index in [-0.39, 0.29) is 10.6 Å². The van der Waals surface area contributed by atoms with Gasteiger partial charge in [0.1, 0.15) is 5.82 Å². The second-order valence-electron chi connectivity index (χ2n) is 4.13. The predicted molar refractivity (Wildman–Crippen MR) is 76.9 cm³/mol. The molecule has 0 spiro atoms. The van der Waals surface area contributed by atoms with Gasteiger partial charge in [0.25, 0.3) is 0 Å². The minimum Gasteiger partial charge on any atom is -0.308 e. The third-order valence-corrected chi connectivity index (χ3v) is 3.46. The average molecular weight is 309 g/mol. The second-order valence-corrected chi connectivity index (χ2v) is 5.69. The summed E-state index contributed by atoms with van der Waals surface area (Å²) in [5.41, 5.74) is 0.230. The van der Waals surface area contributed by atoms with E-state index in [0.717, 1.165) is 18.2 Å². The van der Waals surface area contributed by atoms with Crippen LogP contribution in [-0.4, -0.2) is 14.4 Å². The normalized spacial score (nSPS) is 11.0. The zero-order chi connectivity index (χ0) is 15.5. The molecule has 0 aromatic heterocycles. The summed E-state index contributed by atoms with van der Waals surface area (Å²) in [6.07, 6.45) is 0. The lowest BCUT2D eigenvalue weighted by Gasteiger charge is -2.09. The van der Waals surface area contributed by atoms with E-state index in [2.05, 4.69) is 10.6 Å². The summed E-state index contributed by atoms with van der Waals surface area (Å²) in [6, 6.07) is 10.7. The minimum absolute atomic E-state index is 0.282. The lowest BCUT2D eigenvalue weighted by molar-refractivity contribution is 0.262. The lowest BCUT2D eigenvalue weighted by atomic mass is 10.3. The van der Waals surface area contributed by atoms with Crippen LogP contribution in [0.25, 0.3) is 0 Å². The minimum atomic E-state index is -3.98. The van der Waals surface area contributed by atoms with Gasteiger partial charge in [0, 0.05) is 5.69 Å². The van der Waals surface area contributed by atoms with E-state index in [1.54, 1.807) is 30.3 Å². The van der Waals surface area contributed by atoms with Gasteiger partial charge in [-0.3, -0.25) is 0 Å². The Morgan fingerprint density at radius 3 is 2.33 bits per heavy atom. The fourth-order valence-corrected chi connectivity index (χ4v) is 2.12. The first-order chi connectivity index (χ1) is 9.86. The first-order valence-corrected chi connectivity index (χ1v) is 7.36. The summed E-state index contributed by atoms with van der Waals surface area (Å²) in [4.78, 5) is 11.4. The van der Waals surface area contributed by atoms with Crippen molar-refractivity contribution in [2.75, 3.05) is 10.6 Å². The van der Waals surface area contributed by atoms with Gasteiger partial charge in [-0.1, -0.05) is 18.2 Å². The van der Waals surface area contributed by atoms with E-state index in [1.165, 1.54) is 0 Å². The van der Waals surface area contributed by atoms with E-state index in [4.69, 9.17) is 5.14 Å². The molecule has 0 fully saturated rings. The van der Waals surface area contributed by atoms with Gasteiger partial charge < -0.3 is 10.6 Å². The molecule has 21 heavy (non-hydrogen) atoms. The van der Waals surface area contributed by atoms with Crippen molar-refractivity contribution in [3.8, 4) is 0 Å². The fourth-order valence-electron chi connectivity index (χ4n) is 1.58. The average Bonchev–Trinajstić information content (AvgIpc) is 2.41. The van der Waals surface area contributed by atoms with Crippen LogP contribution in [0.3, 0.4) is 0 Å². The van der Waals surface area contributed by atoms with Gasteiger partial charge >= 0.3 is 6.03 Å². The number of benzene rings is 2. The zero-order valence-electron chi connectivity index (χ0n) is 10.7. The number of rotatable bonds is 3.